The third-order valence-corrected chi connectivity index (χ3v) is 2.63. The number of aromatic nitrogens is 2. The minimum Gasteiger partial charge on any atom is -0.239 e. The molecular weight excluding hydrogens is 236 g/mol. The zero-order chi connectivity index (χ0) is 12.9. The van der Waals surface area contributed by atoms with Gasteiger partial charge in [-0.3, -0.25) is 0 Å². The van der Waals surface area contributed by atoms with E-state index in [1.165, 1.54) is 0 Å². The van der Waals surface area contributed by atoms with E-state index in [0.29, 0.717) is 0 Å². The van der Waals surface area contributed by atoms with Crippen LogP contribution in [0.5, 0.6) is 0 Å². The average Bonchev–Trinajstić information content (AvgIpc) is 2.96. The largest absolute Gasteiger partial charge is 0.239 e. The molecular formula is C15H12N4. The van der Waals surface area contributed by atoms with Gasteiger partial charge in [-0.15, -0.1) is 5.11 Å². The van der Waals surface area contributed by atoms with Crippen molar-refractivity contribution in [3.05, 3.63) is 73.1 Å². The van der Waals surface area contributed by atoms with Crippen molar-refractivity contribution in [1.82, 2.24) is 9.78 Å². The highest BCUT2D eigenvalue weighted by molar-refractivity contribution is 5.39. The van der Waals surface area contributed by atoms with Gasteiger partial charge in [0.05, 0.1) is 23.8 Å². The molecule has 2 aromatic carbocycles. The Kier molecular flexibility index (Phi) is 3.14. The van der Waals surface area contributed by atoms with Gasteiger partial charge in [0.15, 0.2) is 0 Å². The van der Waals surface area contributed by atoms with E-state index in [4.69, 9.17) is 0 Å². The van der Waals surface area contributed by atoms with Crippen molar-refractivity contribution in [2.24, 2.45) is 10.2 Å². The molecule has 0 fully saturated rings. The predicted molar refractivity (Wildman–Crippen MR) is 74.2 cm³/mol. The molecule has 4 nitrogen and oxygen atoms in total. The highest BCUT2D eigenvalue weighted by atomic mass is 15.3. The summed E-state index contributed by atoms with van der Waals surface area (Å²) in [6.45, 7) is 0. The first-order valence-corrected chi connectivity index (χ1v) is 5.99. The molecule has 0 N–H and O–H groups in total. The molecule has 0 saturated carbocycles. The van der Waals surface area contributed by atoms with Crippen molar-refractivity contribution in [2.75, 3.05) is 0 Å². The molecule has 4 heteroatoms. The minimum absolute atomic E-state index is 0.729. The molecule has 1 aromatic heterocycles. The van der Waals surface area contributed by atoms with Crippen LogP contribution in [-0.4, -0.2) is 9.78 Å². The maximum atomic E-state index is 4.26. The standard InChI is InChI=1S/C15H12N4/c1-3-7-13(8-4-1)17-18-14-11-16-19(12-14)15-9-5-2-6-10-15/h1-12H. The van der Waals surface area contributed by atoms with Crippen LogP contribution < -0.4 is 0 Å². The van der Waals surface area contributed by atoms with Crippen LogP contribution >= 0.6 is 0 Å². The minimum atomic E-state index is 0.729. The number of hydrogen-bond acceptors (Lipinski definition) is 3. The predicted octanol–water partition coefficient (Wildman–Crippen LogP) is 4.29. The lowest BCUT2D eigenvalue weighted by atomic mass is 10.3. The van der Waals surface area contributed by atoms with Gasteiger partial charge in [0.1, 0.15) is 5.69 Å². The zero-order valence-corrected chi connectivity index (χ0v) is 10.2. The number of hydrogen-bond donors (Lipinski definition) is 0. The van der Waals surface area contributed by atoms with Crippen molar-refractivity contribution in [2.45, 2.75) is 0 Å². The fourth-order valence-electron chi connectivity index (χ4n) is 1.70. The van der Waals surface area contributed by atoms with Gasteiger partial charge in [0.2, 0.25) is 0 Å². The first-order chi connectivity index (χ1) is 9.42. The van der Waals surface area contributed by atoms with Crippen molar-refractivity contribution in [3.63, 3.8) is 0 Å². The van der Waals surface area contributed by atoms with Crippen LogP contribution in [0.15, 0.2) is 83.3 Å². The second-order valence-corrected chi connectivity index (χ2v) is 4.01. The van der Waals surface area contributed by atoms with Crippen LogP contribution in [0, 0.1) is 0 Å². The van der Waals surface area contributed by atoms with Crippen LogP contribution in [0.1, 0.15) is 0 Å². The Bertz CT molecular complexity index is 672. The van der Waals surface area contributed by atoms with Crippen molar-refractivity contribution < 1.29 is 0 Å². The first-order valence-electron chi connectivity index (χ1n) is 5.99. The normalized spacial score (nSPS) is 10.9. The summed E-state index contributed by atoms with van der Waals surface area (Å²) >= 11 is 0. The van der Waals surface area contributed by atoms with E-state index >= 15 is 0 Å². The fraction of sp³-hybridized carbons (Fsp3) is 0. The molecule has 92 valence electrons. The van der Waals surface area contributed by atoms with Crippen LogP contribution in [0.2, 0.25) is 0 Å². The van der Waals surface area contributed by atoms with E-state index in [1.807, 2.05) is 66.9 Å². The Hall–Kier alpha value is -2.75. The molecule has 0 unspecified atom stereocenters. The Labute approximate surface area is 111 Å². The fourth-order valence-corrected chi connectivity index (χ4v) is 1.70. The van der Waals surface area contributed by atoms with Crippen molar-refractivity contribution in [3.8, 4) is 5.69 Å². The molecule has 0 aliphatic heterocycles. The van der Waals surface area contributed by atoms with Crippen LogP contribution in [0.25, 0.3) is 5.69 Å². The summed E-state index contributed by atoms with van der Waals surface area (Å²) in [5, 5.41) is 12.6. The van der Waals surface area contributed by atoms with Gasteiger partial charge in [-0.1, -0.05) is 36.4 Å². The topological polar surface area (TPSA) is 42.5 Å². The summed E-state index contributed by atoms with van der Waals surface area (Å²) in [6, 6.07) is 19.5. The van der Waals surface area contributed by atoms with Gasteiger partial charge in [0.25, 0.3) is 0 Å². The Morgan fingerprint density at radius 2 is 1.37 bits per heavy atom. The number of benzene rings is 2. The second kappa shape index (κ2) is 5.27. The lowest BCUT2D eigenvalue weighted by molar-refractivity contribution is 0.880. The maximum Gasteiger partial charge on any atom is 0.124 e. The molecule has 0 saturated heterocycles. The molecule has 0 spiro atoms. The van der Waals surface area contributed by atoms with Crippen LogP contribution in [-0.2, 0) is 0 Å². The molecule has 19 heavy (non-hydrogen) atoms. The number of azo groups is 1. The number of para-hydroxylation sites is 1. The maximum absolute atomic E-state index is 4.26. The van der Waals surface area contributed by atoms with E-state index in [1.54, 1.807) is 10.9 Å². The van der Waals surface area contributed by atoms with Gasteiger partial charge in [-0.05, 0) is 24.3 Å². The number of rotatable bonds is 3. The molecule has 0 aliphatic rings. The lowest BCUT2D eigenvalue weighted by Gasteiger charge is -1.98. The molecule has 0 bridgehead atoms. The third kappa shape index (κ3) is 2.74. The van der Waals surface area contributed by atoms with Crippen molar-refractivity contribution >= 4 is 11.4 Å². The van der Waals surface area contributed by atoms with E-state index in [2.05, 4.69) is 15.3 Å². The van der Waals surface area contributed by atoms with E-state index in [-0.39, 0.29) is 0 Å². The second-order valence-electron chi connectivity index (χ2n) is 4.01. The summed E-state index contributed by atoms with van der Waals surface area (Å²) < 4.78 is 1.78. The summed E-state index contributed by atoms with van der Waals surface area (Å²) in [7, 11) is 0. The van der Waals surface area contributed by atoms with E-state index in [0.717, 1.165) is 17.1 Å². The molecule has 1 heterocycles. The van der Waals surface area contributed by atoms with E-state index in [9.17, 15) is 0 Å². The molecule has 0 amide bonds. The van der Waals surface area contributed by atoms with Gasteiger partial charge in [-0.25, -0.2) is 4.68 Å². The first kappa shape index (κ1) is 11.3. The van der Waals surface area contributed by atoms with Gasteiger partial charge < -0.3 is 0 Å². The summed E-state index contributed by atoms with van der Waals surface area (Å²) in [6.07, 6.45) is 3.54. The highest BCUT2D eigenvalue weighted by Gasteiger charge is 1.98. The monoisotopic (exact) mass is 248 g/mol. The van der Waals surface area contributed by atoms with E-state index < -0.39 is 0 Å². The SMILES string of the molecule is c1ccc(N=Nc2cnn(-c3ccccc3)c2)cc1. The Morgan fingerprint density at radius 1 is 0.737 bits per heavy atom. The molecule has 3 rings (SSSR count). The Morgan fingerprint density at radius 3 is 2.11 bits per heavy atom. The van der Waals surface area contributed by atoms with Gasteiger partial charge in [-0.2, -0.15) is 10.2 Å². The quantitative estimate of drug-likeness (QED) is 0.637. The smallest absolute Gasteiger partial charge is 0.124 e. The molecule has 0 atom stereocenters. The lowest BCUT2D eigenvalue weighted by Crippen LogP contribution is -1.92. The van der Waals surface area contributed by atoms with Crippen LogP contribution in [0.4, 0.5) is 11.4 Å². The molecule has 0 radical (unpaired) electrons. The zero-order valence-electron chi connectivity index (χ0n) is 10.2. The number of nitrogens with zero attached hydrogens (tertiary/aromatic N) is 4. The molecule has 0 aliphatic carbocycles. The molecule has 3 aromatic rings. The highest BCUT2D eigenvalue weighted by Crippen LogP contribution is 2.18. The summed E-state index contributed by atoms with van der Waals surface area (Å²) in [5.74, 6) is 0. The van der Waals surface area contributed by atoms with Gasteiger partial charge in [0, 0.05) is 0 Å². The summed E-state index contributed by atoms with van der Waals surface area (Å²) in [4.78, 5) is 0. The third-order valence-electron chi connectivity index (χ3n) is 2.63. The summed E-state index contributed by atoms with van der Waals surface area (Å²) in [5.41, 5.74) is 2.56. The van der Waals surface area contributed by atoms with Gasteiger partial charge >= 0.3 is 0 Å². The Balaban J connectivity index is 1.81. The van der Waals surface area contributed by atoms with Crippen molar-refractivity contribution in [1.29, 1.82) is 0 Å². The average molecular weight is 248 g/mol. The van der Waals surface area contributed by atoms with Crippen LogP contribution in [0.3, 0.4) is 0 Å².